The molecule has 0 aliphatic carbocycles. The number of fused-ring (bicyclic) bond motifs is 1. The maximum absolute atomic E-state index is 13.8. The molecule has 0 saturated heterocycles. The van der Waals surface area contributed by atoms with Crippen molar-refractivity contribution in [3.63, 3.8) is 0 Å². The summed E-state index contributed by atoms with van der Waals surface area (Å²) in [6, 6.07) is 6.63. The Labute approximate surface area is 211 Å². The van der Waals surface area contributed by atoms with Crippen molar-refractivity contribution in [3.05, 3.63) is 83.0 Å². The molecule has 0 fully saturated rings. The monoisotopic (exact) mass is 510 g/mol. The minimum Gasteiger partial charge on any atom is -0.497 e. The Hall–Kier alpha value is -4.15. The first kappa shape index (κ1) is 24.5. The summed E-state index contributed by atoms with van der Waals surface area (Å²) in [5.74, 6) is 1.12. The fraction of sp³-hybridized carbons (Fsp3) is 0.308. The fourth-order valence-corrected chi connectivity index (χ4v) is 4.80. The Morgan fingerprint density at radius 3 is 2.62 bits per heavy atom. The van der Waals surface area contributed by atoms with Gasteiger partial charge < -0.3 is 14.2 Å². The Morgan fingerprint density at radius 1 is 1.14 bits per heavy atom. The first-order chi connectivity index (χ1) is 17.7. The van der Waals surface area contributed by atoms with Gasteiger partial charge in [-0.3, -0.25) is 14.9 Å². The van der Waals surface area contributed by atoms with E-state index in [-0.39, 0.29) is 17.5 Å². The zero-order valence-corrected chi connectivity index (χ0v) is 20.5. The van der Waals surface area contributed by atoms with E-state index in [2.05, 4.69) is 20.2 Å². The first-order valence-electron chi connectivity index (χ1n) is 11.7. The number of nitrogens with zero attached hydrogens (tertiary/aromatic N) is 5. The van der Waals surface area contributed by atoms with Crippen LogP contribution >= 0.6 is 0 Å². The zero-order chi connectivity index (χ0) is 26.3. The minimum atomic E-state index is -4.62. The van der Waals surface area contributed by atoms with E-state index in [0.29, 0.717) is 53.2 Å². The number of aromatic nitrogens is 5. The predicted molar refractivity (Wildman–Crippen MR) is 129 cm³/mol. The number of hydrogen-bond donors (Lipinski definition) is 1. The summed E-state index contributed by atoms with van der Waals surface area (Å²) in [4.78, 5) is 24.1. The number of methoxy groups -OCH3 is 1. The average Bonchev–Trinajstić information content (AvgIpc) is 3.53. The number of carbonyl (C=O) groups is 1. The van der Waals surface area contributed by atoms with E-state index in [1.807, 2.05) is 18.4 Å². The lowest BCUT2D eigenvalue weighted by molar-refractivity contribution is -0.140. The molecule has 11 heteroatoms. The van der Waals surface area contributed by atoms with Crippen LogP contribution in [0, 0.1) is 6.92 Å². The highest BCUT2D eigenvalue weighted by Gasteiger charge is 2.38. The number of hydrogen-bond acceptors (Lipinski definition) is 5. The quantitative estimate of drug-likeness (QED) is 0.402. The number of H-pyrrole nitrogens is 1. The molecule has 0 saturated carbocycles. The van der Waals surface area contributed by atoms with Crippen molar-refractivity contribution >= 4 is 5.91 Å². The lowest BCUT2D eigenvalue weighted by atomic mass is 9.87. The predicted octanol–water partition coefficient (Wildman–Crippen LogP) is 4.81. The number of aryl methyl sites for hydroxylation is 1. The lowest BCUT2D eigenvalue weighted by Gasteiger charge is -2.34. The lowest BCUT2D eigenvalue weighted by Crippen LogP contribution is -2.40. The molecule has 3 aromatic heterocycles. The van der Waals surface area contributed by atoms with Crippen LogP contribution in [0.1, 0.15) is 51.7 Å². The third-order valence-electron chi connectivity index (χ3n) is 6.78. The van der Waals surface area contributed by atoms with Gasteiger partial charge in [0, 0.05) is 48.9 Å². The number of aromatic amines is 1. The smallest absolute Gasteiger partial charge is 0.433 e. The molecule has 4 aromatic rings. The molecule has 0 unspecified atom stereocenters. The second kappa shape index (κ2) is 9.38. The maximum Gasteiger partial charge on any atom is 0.433 e. The number of pyridine rings is 1. The Bertz CT molecular complexity index is 1460. The van der Waals surface area contributed by atoms with Gasteiger partial charge in [0.25, 0.3) is 5.91 Å². The summed E-state index contributed by atoms with van der Waals surface area (Å²) in [5.41, 5.74) is 1.64. The summed E-state index contributed by atoms with van der Waals surface area (Å²) in [7, 11) is 1.56. The third kappa shape index (κ3) is 4.56. The third-order valence-corrected chi connectivity index (χ3v) is 6.78. The normalized spacial score (nSPS) is 14.5. The average molecular weight is 511 g/mol. The standard InChI is InChI=1S/C26H25F3N6O2/c1-15(23-12-18(37-3)4-6-31-23)35-8-5-19-20(22-13-32-33-24(22)26(27,28)29)10-17(11-21(19)25(35)36)14-34-9-7-30-16(34)2/h4,6-7,9-13,15H,5,8,14H2,1-3H3,(H,32,33)/t15-/m0/s1. The van der Waals surface area contributed by atoms with Gasteiger partial charge in [-0.1, -0.05) is 0 Å². The van der Waals surface area contributed by atoms with Crippen LogP contribution in [0.4, 0.5) is 13.2 Å². The van der Waals surface area contributed by atoms with Crippen molar-refractivity contribution in [3.8, 4) is 16.9 Å². The van der Waals surface area contributed by atoms with Crippen LogP contribution in [-0.4, -0.2) is 49.2 Å². The molecule has 192 valence electrons. The Balaban J connectivity index is 1.60. The topological polar surface area (TPSA) is 88.9 Å². The van der Waals surface area contributed by atoms with Crippen LogP contribution in [0.15, 0.2) is 49.1 Å². The SMILES string of the molecule is COc1ccnc([C@H](C)N2CCc3c(cc(Cn4ccnc4C)cc3-c3cn[nH]c3C(F)(F)F)C2=O)c1. The minimum absolute atomic E-state index is 0.0725. The van der Waals surface area contributed by atoms with Crippen molar-refractivity contribution < 1.29 is 22.7 Å². The van der Waals surface area contributed by atoms with Crippen molar-refractivity contribution in [2.24, 2.45) is 0 Å². The van der Waals surface area contributed by atoms with Crippen LogP contribution in [0.25, 0.3) is 11.1 Å². The van der Waals surface area contributed by atoms with Gasteiger partial charge in [-0.05, 0) is 55.2 Å². The number of carbonyl (C=O) groups excluding carboxylic acids is 1. The number of rotatable bonds is 6. The van der Waals surface area contributed by atoms with Crippen LogP contribution in [-0.2, 0) is 19.1 Å². The first-order valence-corrected chi connectivity index (χ1v) is 11.7. The maximum atomic E-state index is 13.8. The van der Waals surface area contributed by atoms with Crippen LogP contribution in [0.5, 0.6) is 5.75 Å². The van der Waals surface area contributed by atoms with Gasteiger partial charge in [0.1, 0.15) is 17.3 Å². The largest absolute Gasteiger partial charge is 0.497 e. The molecule has 37 heavy (non-hydrogen) atoms. The van der Waals surface area contributed by atoms with E-state index < -0.39 is 11.9 Å². The molecule has 0 spiro atoms. The molecule has 1 aliphatic rings. The van der Waals surface area contributed by atoms with Crippen molar-refractivity contribution in [2.45, 2.75) is 39.0 Å². The van der Waals surface area contributed by atoms with Crippen LogP contribution < -0.4 is 4.74 Å². The fourth-order valence-electron chi connectivity index (χ4n) is 4.80. The second-order valence-corrected chi connectivity index (χ2v) is 8.97. The molecule has 1 aromatic carbocycles. The van der Waals surface area contributed by atoms with Crippen LogP contribution in [0.2, 0.25) is 0 Å². The molecule has 1 N–H and O–H groups in total. The molecule has 0 bridgehead atoms. The van der Waals surface area contributed by atoms with E-state index in [4.69, 9.17) is 4.74 Å². The number of alkyl halides is 3. The molecule has 0 radical (unpaired) electrons. The van der Waals surface area contributed by atoms with Gasteiger partial charge in [-0.2, -0.15) is 18.3 Å². The number of benzene rings is 1. The molecule has 1 atom stereocenters. The summed E-state index contributed by atoms with van der Waals surface area (Å²) in [6.45, 7) is 4.40. The number of amides is 1. The molecular weight excluding hydrogens is 485 g/mol. The molecule has 1 aliphatic heterocycles. The van der Waals surface area contributed by atoms with Gasteiger partial charge in [-0.25, -0.2) is 4.98 Å². The number of nitrogens with one attached hydrogen (secondary N) is 1. The summed E-state index contributed by atoms with van der Waals surface area (Å²) < 4.78 is 48.5. The van der Waals surface area contributed by atoms with Crippen molar-refractivity contribution in [1.29, 1.82) is 0 Å². The van der Waals surface area contributed by atoms with Crippen LogP contribution in [0.3, 0.4) is 0 Å². The molecule has 8 nitrogen and oxygen atoms in total. The molecule has 1 amide bonds. The van der Waals surface area contributed by atoms with Gasteiger partial charge in [0.2, 0.25) is 0 Å². The molecule has 5 rings (SSSR count). The molecule has 4 heterocycles. The summed E-state index contributed by atoms with van der Waals surface area (Å²) in [6.07, 6.45) is 2.00. The van der Waals surface area contributed by atoms with Gasteiger partial charge in [-0.15, -0.1) is 0 Å². The second-order valence-electron chi connectivity index (χ2n) is 8.97. The summed E-state index contributed by atoms with van der Waals surface area (Å²) >= 11 is 0. The van der Waals surface area contributed by atoms with Gasteiger partial charge in [0.05, 0.1) is 25.0 Å². The van der Waals surface area contributed by atoms with E-state index in [1.54, 1.807) is 54.9 Å². The number of imidazole rings is 1. The van der Waals surface area contributed by atoms with E-state index in [9.17, 15) is 18.0 Å². The number of ether oxygens (including phenoxy) is 1. The van der Waals surface area contributed by atoms with E-state index in [0.717, 1.165) is 5.82 Å². The highest BCUT2D eigenvalue weighted by Crippen LogP contribution is 2.40. The Kier molecular flexibility index (Phi) is 6.22. The zero-order valence-electron chi connectivity index (χ0n) is 20.5. The van der Waals surface area contributed by atoms with Crippen molar-refractivity contribution in [1.82, 2.24) is 29.6 Å². The number of halogens is 3. The molecular formula is C26H25F3N6O2. The van der Waals surface area contributed by atoms with Crippen molar-refractivity contribution in [2.75, 3.05) is 13.7 Å². The van der Waals surface area contributed by atoms with Gasteiger partial charge in [0.15, 0.2) is 0 Å². The Morgan fingerprint density at radius 2 is 1.92 bits per heavy atom. The van der Waals surface area contributed by atoms with E-state index in [1.165, 1.54) is 6.20 Å². The highest BCUT2D eigenvalue weighted by molar-refractivity contribution is 5.99. The van der Waals surface area contributed by atoms with Gasteiger partial charge >= 0.3 is 6.18 Å². The van der Waals surface area contributed by atoms with E-state index >= 15 is 0 Å². The summed E-state index contributed by atoms with van der Waals surface area (Å²) in [5, 5.41) is 5.77. The highest BCUT2D eigenvalue weighted by atomic mass is 19.4.